The number of hydrogen-bond acceptors (Lipinski definition) is 6. The van der Waals surface area contributed by atoms with Crippen molar-refractivity contribution in [3.8, 4) is 12.3 Å². The number of nitrogens with zero attached hydrogens (tertiary/aromatic N) is 6. The fourth-order valence-corrected chi connectivity index (χ4v) is 3.17. The quantitative estimate of drug-likeness (QED) is 0.715. The van der Waals surface area contributed by atoms with Gasteiger partial charge < -0.3 is 10.0 Å². The van der Waals surface area contributed by atoms with Crippen LogP contribution in [-0.2, 0) is 11.3 Å². The molecule has 0 aliphatic carbocycles. The van der Waals surface area contributed by atoms with Gasteiger partial charge in [0.15, 0.2) is 11.4 Å². The Balaban J connectivity index is 1.53. The van der Waals surface area contributed by atoms with Crippen molar-refractivity contribution in [2.75, 3.05) is 6.54 Å². The number of aromatic nitrogens is 3. The van der Waals surface area contributed by atoms with Gasteiger partial charge in [-0.25, -0.2) is 9.48 Å². The molecule has 1 fully saturated rings. The third-order valence-corrected chi connectivity index (χ3v) is 4.64. The first-order chi connectivity index (χ1) is 12.0. The van der Waals surface area contributed by atoms with Crippen LogP contribution < -0.4 is 0 Å². The molecule has 9 heteroatoms. The van der Waals surface area contributed by atoms with Crippen LogP contribution in [0.2, 0.25) is 0 Å². The first kappa shape index (κ1) is 17.1. The van der Waals surface area contributed by atoms with E-state index in [4.69, 9.17) is 11.5 Å². The standard InChI is InChI=1S/C16H20N6O3/c1-2-3-7-16(18-19-16)8-6-14(23)22-9-4-5-12(22)10-21-11-13(15(24)25)17-20-21/h1,11-12H,3-10H2,(H,24,25). The molecular weight excluding hydrogens is 324 g/mol. The maximum absolute atomic E-state index is 12.6. The molecule has 132 valence electrons. The normalized spacial score (nSPS) is 20.4. The number of rotatable bonds is 8. The highest BCUT2D eigenvalue weighted by molar-refractivity contribution is 5.84. The summed E-state index contributed by atoms with van der Waals surface area (Å²) in [5.74, 6) is 1.53. The van der Waals surface area contributed by atoms with Crippen molar-refractivity contribution < 1.29 is 14.7 Å². The van der Waals surface area contributed by atoms with Crippen molar-refractivity contribution in [3.63, 3.8) is 0 Å². The minimum absolute atomic E-state index is 0.00517. The number of likely N-dealkylation sites (tertiary alicyclic amines) is 1. The Kier molecular flexibility index (Phi) is 4.79. The van der Waals surface area contributed by atoms with Crippen molar-refractivity contribution in [1.29, 1.82) is 0 Å². The summed E-state index contributed by atoms with van der Waals surface area (Å²) in [6, 6.07) is 0.00517. The Morgan fingerprint density at radius 1 is 1.40 bits per heavy atom. The first-order valence-electron chi connectivity index (χ1n) is 8.33. The Morgan fingerprint density at radius 2 is 2.20 bits per heavy atom. The lowest BCUT2D eigenvalue weighted by Gasteiger charge is -2.25. The molecule has 3 rings (SSSR count). The maximum Gasteiger partial charge on any atom is 0.358 e. The maximum atomic E-state index is 12.6. The van der Waals surface area contributed by atoms with Gasteiger partial charge in [-0.2, -0.15) is 10.2 Å². The lowest BCUT2D eigenvalue weighted by molar-refractivity contribution is -0.132. The molecule has 2 aliphatic rings. The molecular formula is C16H20N6O3. The van der Waals surface area contributed by atoms with Crippen LogP contribution in [0.3, 0.4) is 0 Å². The number of terminal acetylenes is 1. The summed E-state index contributed by atoms with van der Waals surface area (Å²) in [4.78, 5) is 25.3. The van der Waals surface area contributed by atoms with Crippen LogP contribution in [0.1, 0.15) is 49.0 Å². The number of carbonyl (C=O) groups excluding carboxylic acids is 1. The lowest BCUT2D eigenvalue weighted by atomic mass is 10.0. The number of amides is 1. The zero-order valence-corrected chi connectivity index (χ0v) is 13.8. The van der Waals surface area contributed by atoms with E-state index in [-0.39, 0.29) is 17.6 Å². The highest BCUT2D eigenvalue weighted by Crippen LogP contribution is 2.38. The van der Waals surface area contributed by atoms with E-state index in [9.17, 15) is 9.59 Å². The van der Waals surface area contributed by atoms with Crippen LogP contribution in [0.4, 0.5) is 0 Å². The highest BCUT2D eigenvalue weighted by Gasteiger charge is 2.40. The number of carboxylic acids is 1. The summed E-state index contributed by atoms with van der Waals surface area (Å²) < 4.78 is 1.49. The molecule has 2 aliphatic heterocycles. The van der Waals surface area contributed by atoms with E-state index in [1.54, 1.807) is 0 Å². The Bertz CT molecular complexity index is 728. The van der Waals surface area contributed by atoms with Gasteiger partial charge in [-0.1, -0.05) is 5.21 Å². The number of carboxylic acid groups (broad SMARTS) is 1. The van der Waals surface area contributed by atoms with Crippen LogP contribution in [-0.4, -0.2) is 55.1 Å². The smallest absolute Gasteiger partial charge is 0.358 e. The Morgan fingerprint density at radius 3 is 2.84 bits per heavy atom. The number of hydrogen-bond donors (Lipinski definition) is 1. The summed E-state index contributed by atoms with van der Waals surface area (Å²) in [5.41, 5.74) is -0.539. The van der Waals surface area contributed by atoms with Crippen molar-refractivity contribution >= 4 is 11.9 Å². The minimum Gasteiger partial charge on any atom is -0.476 e. The third-order valence-electron chi connectivity index (χ3n) is 4.64. The molecule has 0 saturated carbocycles. The van der Waals surface area contributed by atoms with Crippen molar-refractivity contribution in [2.45, 2.75) is 56.8 Å². The number of carbonyl (C=O) groups is 2. The molecule has 1 amide bonds. The van der Waals surface area contributed by atoms with Gasteiger partial charge >= 0.3 is 5.97 Å². The monoisotopic (exact) mass is 344 g/mol. The molecule has 1 saturated heterocycles. The summed E-state index contributed by atoms with van der Waals surface area (Å²) >= 11 is 0. The molecule has 1 aromatic rings. The minimum atomic E-state index is -1.11. The molecule has 1 N–H and O–H groups in total. The van der Waals surface area contributed by atoms with E-state index in [2.05, 4.69) is 26.5 Å². The van der Waals surface area contributed by atoms with Crippen molar-refractivity contribution in [2.24, 2.45) is 10.2 Å². The molecule has 1 aromatic heterocycles. The number of aromatic carboxylic acids is 1. The van der Waals surface area contributed by atoms with Gasteiger partial charge in [-0.05, 0) is 12.8 Å². The predicted octanol–water partition coefficient (Wildman–Crippen LogP) is 1.32. The van der Waals surface area contributed by atoms with E-state index in [1.165, 1.54) is 10.9 Å². The predicted molar refractivity (Wildman–Crippen MR) is 86.6 cm³/mol. The molecule has 9 nitrogen and oxygen atoms in total. The second-order valence-corrected chi connectivity index (χ2v) is 6.40. The van der Waals surface area contributed by atoms with Gasteiger partial charge in [0.2, 0.25) is 5.91 Å². The molecule has 0 aromatic carbocycles. The SMILES string of the molecule is C#CCCC1(CCC(=O)N2CCCC2Cn2cc(C(=O)O)nn2)N=N1. The summed E-state index contributed by atoms with van der Waals surface area (Å²) in [5, 5.41) is 24.4. The molecule has 0 bridgehead atoms. The Labute approximate surface area is 145 Å². The molecule has 1 atom stereocenters. The summed E-state index contributed by atoms with van der Waals surface area (Å²) in [7, 11) is 0. The highest BCUT2D eigenvalue weighted by atomic mass is 16.4. The second-order valence-electron chi connectivity index (χ2n) is 6.40. The molecule has 1 unspecified atom stereocenters. The Hall–Kier alpha value is -2.76. The third kappa shape index (κ3) is 4.02. The lowest BCUT2D eigenvalue weighted by Crippen LogP contribution is -2.38. The van der Waals surface area contributed by atoms with Gasteiger partial charge in [0.05, 0.1) is 18.8 Å². The zero-order chi connectivity index (χ0) is 17.9. The average Bonchev–Trinajstić information content (AvgIpc) is 2.98. The fourth-order valence-electron chi connectivity index (χ4n) is 3.17. The van der Waals surface area contributed by atoms with E-state index >= 15 is 0 Å². The van der Waals surface area contributed by atoms with Crippen molar-refractivity contribution in [1.82, 2.24) is 19.9 Å². The van der Waals surface area contributed by atoms with E-state index in [1.807, 2.05) is 4.90 Å². The van der Waals surface area contributed by atoms with Gasteiger partial charge in [0, 0.05) is 32.2 Å². The molecule has 25 heavy (non-hydrogen) atoms. The van der Waals surface area contributed by atoms with Gasteiger partial charge in [-0.15, -0.1) is 17.4 Å². The van der Waals surface area contributed by atoms with Crippen LogP contribution in [0.15, 0.2) is 16.4 Å². The van der Waals surface area contributed by atoms with Gasteiger partial charge in [0.25, 0.3) is 0 Å². The molecule has 3 heterocycles. The molecule has 0 spiro atoms. The van der Waals surface area contributed by atoms with Crippen LogP contribution >= 0.6 is 0 Å². The van der Waals surface area contributed by atoms with Crippen LogP contribution in [0.5, 0.6) is 0 Å². The van der Waals surface area contributed by atoms with Gasteiger partial charge in [-0.3, -0.25) is 4.79 Å². The van der Waals surface area contributed by atoms with E-state index in [0.717, 1.165) is 12.8 Å². The second kappa shape index (κ2) is 7.01. The fraction of sp³-hybridized carbons (Fsp3) is 0.625. The van der Waals surface area contributed by atoms with E-state index < -0.39 is 11.6 Å². The summed E-state index contributed by atoms with van der Waals surface area (Å²) in [6.45, 7) is 1.15. The van der Waals surface area contributed by atoms with Crippen molar-refractivity contribution in [3.05, 3.63) is 11.9 Å². The van der Waals surface area contributed by atoms with Crippen LogP contribution in [0, 0.1) is 12.3 Å². The summed E-state index contributed by atoms with van der Waals surface area (Å²) in [6.07, 6.45) is 10.7. The topological polar surface area (TPSA) is 113 Å². The average molecular weight is 344 g/mol. The largest absolute Gasteiger partial charge is 0.476 e. The first-order valence-corrected chi connectivity index (χ1v) is 8.33. The van der Waals surface area contributed by atoms with E-state index in [0.29, 0.717) is 38.8 Å². The van der Waals surface area contributed by atoms with Gasteiger partial charge in [0.1, 0.15) is 0 Å². The molecule has 0 radical (unpaired) electrons. The van der Waals surface area contributed by atoms with Crippen LogP contribution in [0.25, 0.3) is 0 Å². The zero-order valence-electron chi connectivity index (χ0n) is 13.8.